The first-order chi connectivity index (χ1) is 10.8. The van der Waals surface area contributed by atoms with E-state index in [0.29, 0.717) is 0 Å². The lowest BCUT2D eigenvalue weighted by Crippen LogP contribution is -2.25. The molecule has 6 nitrogen and oxygen atoms in total. The maximum Gasteiger partial charge on any atom is 0.434 e. The Bertz CT molecular complexity index is 730. The molecule has 0 bridgehead atoms. The Morgan fingerprint density at radius 2 is 2.13 bits per heavy atom. The first-order valence-electron chi connectivity index (χ1n) is 6.31. The minimum Gasteiger partial charge on any atom is -0.352 e. The number of halogens is 3. The lowest BCUT2D eigenvalue weighted by Gasteiger charge is -2.04. The van der Waals surface area contributed by atoms with Crippen LogP contribution in [-0.2, 0) is 12.6 Å². The highest BCUT2D eigenvalue weighted by Gasteiger charge is 2.33. The molecular weight excluding hydrogens is 335 g/mol. The molecule has 0 saturated carbocycles. The van der Waals surface area contributed by atoms with E-state index in [1.165, 1.54) is 18.2 Å². The smallest absolute Gasteiger partial charge is 0.352 e. The molecule has 122 valence electrons. The molecule has 1 aromatic carbocycles. The number of nitrogens with one attached hydrogen (secondary N) is 1. The van der Waals surface area contributed by atoms with Crippen molar-refractivity contribution in [2.24, 2.45) is 0 Å². The van der Waals surface area contributed by atoms with Crippen molar-refractivity contribution in [1.82, 2.24) is 10.3 Å². The molecule has 0 fully saturated rings. The van der Waals surface area contributed by atoms with Crippen LogP contribution in [0.15, 0.2) is 29.6 Å². The Kier molecular flexibility index (Phi) is 4.94. The van der Waals surface area contributed by atoms with Gasteiger partial charge in [0.1, 0.15) is 0 Å². The van der Waals surface area contributed by atoms with Crippen molar-refractivity contribution in [3.05, 3.63) is 56.0 Å². The van der Waals surface area contributed by atoms with E-state index in [1.54, 1.807) is 0 Å². The van der Waals surface area contributed by atoms with Gasteiger partial charge < -0.3 is 5.32 Å². The SMILES string of the molecule is O=C(NCCc1nc(C(F)(F)F)cs1)c1cccc([N+](=O)[O-])c1. The number of alkyl halides is 3. The van der Waals surface area contributed by atoms with Crippen LogP contribution in [0.4, 0.5) is 18.9 Å². The fraction of sp³-hybridized carbons (Fsp3) is 0.231. The molecule has 0 saturated heterocycles. The van der Waals surface area contributed by atoms with Crippen molar-refractivity contribution in [3.63, 3.8) is 0 Å². The first kappa shape index (κ1) is 16.9. The highest BCUT2D eigenvalue weighted by atomic mass is 32.1. The number of benzene rings is 1. The van der Waals surface area contributed by atoms with Crippen LogP contribution in [0.25, 0.3) is 0 Å². The molecule has 23 heavy (non-hydrogen) atoms. The van der Waals surface area contributed by atoms with E-state index in [2.05, 4.69) is 10.3 Å². The Labute approximate surface area is 132 Å². The summed E-state index contributed by atoms with van der Waals surface area (Å²) in [7, 11) is 0. The van der Waals surface area contributed by atoms with Gasteiger partial charge in [0.25, 0.3) is 11.6 Å². The van der Waals surface area contributed by atoms with E-state index in [9.17, 15) is 28.1 Å². The zero-order chi connectivity index (χ0) is 17.0. The maximum absolute atomic E-state index is 12.4. The lowest BCUT2D eigenvalue weighted by molar-refractivity contribution is -0.384. The van der Waals surface area contributed by atoms with Gasteiger partial charge in [-0.05, 0) is 6.07 Å². The van der Waals surface area contributed by atoms with Crippen LogP contribution < -0.4 is 5.32 Å². The van der Waals surface area contributed by atoms with Gasteiger partial charge in [-0.3, -0.25) is 14.9 Å². The third-order valence-electron chi connectivity index (χ3n) is 2.79. The Morgan fingerprint density at radius 1 is 1.39 bits per heavy atom. The average Bonchev–Trinajstić information content (AvgIpc) is 2.96. The molecule has 1 amide bonds. The number of amides is 1. The molecule has 0 atom stereocenters. The molecule has 2 rings (SSSR count). The molecule has 2 aromatic rings. The van der Waals surface area contributed by atoms with Crippen molar-refractivity contribution in [2.75, 3.05) is 6.54 Å². The van der Waals surface area contributed by atoms with Crippen molar-refractivity contribution < 1.29 is 22.9 Å². The van der Waals surface area contributed by atoms with Gasteiger partial charge in [-0.2, -0.15) is 13.2 Å². The standard InChI is InChI=1S/C13H10F3N3O3S/c14-13(15,16)10-7-23-11(18-10)4-5-17-12(20)8-2-1-3-9(6-8)19(21)22/h1-3,6-7H,4-5H2,(H,17,20). The molecule has 0 radical (unpaired) electrons. The Morgan fingerprint density at radius 3 is 2.74 bits per heavy atom. The Balaban J connectivity index is 1.91. The van der Waals surface area contributed by atoms with E-state index >= 15 is 0 Å². The number of rotatable bonds is 5. The van der Waals surface area contributed by atoms with Gasteiger partial charge in [-0.15, -0.1) is 11.3 Å². The number of hydrogen-bond donors (Lipinski definition) is 1. The van der Waals surface area contributed by atoms with Gasteiger partial charge in [0.15, 0.2) is 5.69 Å². The number of nitro benzene ring substituents is 1. The number of carbonyl (C=O) groups excluding carboxylic acids is 1. The van der Waals surface area contributed by atoms with Gasteiger partial charge in [-0.25, -0.2) is 4.98 Å². The first-order valence-corrected chi connectivity index (χ1v) is 7.19. The van der Waals surface area contributed by atoms with Crippen LogP contribution in [-0.4, -0.2) is 22.4 Å². The molecule has 0 aliphatic heterocycles. The summed E-state index contributed by atoms with van der Waals surface area (Å²) in [6.07, 6.45) is -4.34. The minimum absolute atomic E-state index is 0.0757. The number of hydrogen-bond acceptors (Lipinski definition) is 5. The number of nitrogens with zero attached hydrogens (tertiary/aromatic N) is 2. The van der Waals surface area contributed by atoms with Gasteiger partial charge in [0.2, 0.25) is 0 Å². The van der Waals surface area contributed by atoms with Gasteiger partial charge in [0, 0.05) is 36.0 Å². The highest BCUT2D eigenvalue weighted by Crippen LogP contribution is 2.30. The average molecular weight is 345 g/mol. The quantitative estimate of drug-likeness (QED) is 0.667. The van der Waals surface area contributed by atoms with Crippen molar-refractivity contribution >= 4 is 22.9 Å². The molecule has 10 heteroatoms. The number of carbonyl (C=O) groups is 1. The zero-order valence-corrected chi connectivity index (χ0v) is 12.3. The number of aromatic nitrogens is 1. The monoisotopic (exact) mass is 345 g/mol. The normalized spacial score (nSPS) is 11.3. The van der Waals surface area contributed by atoms with Crippen molar-refractivity contribution in [2.45, 2.75) is 12.6 Å². The van der Waals surface area contributed by atoms with Gasteiger partial charge >= 0.3 is 6.18 Å². The summed E-state index contributed by atoms with van der Waals surface area (Å²) in [6.45, 7) is 0.0757. The maximum atomic E-state index is 12.4. The summed E-state index contributed by atoms with van der Waals surface area (Å²) in [4.78, 5) is 25.3. The van der Waals surface area contributed by atoms with E-state index in [1.807, 2.05) is 0 Å². The summed E-state index contributed by atoms with van der Waals surface area (Å²) in [5, 5.41) is 14.3. The van der Waals surface area contributed by atoms with Crippen LogP contribution in [0.1, 0.15) is 21.1 Å². The van der Waals surface area contributed by atoms with Crippen LogP contribution in [0.2, 0.25) is 0 Å². The fourth-order valence-electron chi connectivity index (χ4n) is 1.70. The topological polar surface area (TPSA) is 85.1 Å². The predicted octanol–water partition coefficient (Wildman–Crippen LogP) is 3.04. The molecule has 1 aromatic heterocycles. The third kappa shape index (κ3) is 4.49. The molecule has 0 aliphatic rings. The van der Waals surface area contributed by atoms with Crippen LogP contribution in [0.5, 0.6) is 0 Å². The lowest BCUT2D eigenvalue weighted by atomic mass is 10.2. The number of nitro groups is 1. The van der Waals surface area contributed by atoms with Gasteiger partial charge in [-0.1, -0.05) is 6.07 Å². The highest BCUT2D eigenvalue weighted by molar-refractivity contribution is 7.09. The molecule has 0 spiro atoms. The van der Waals surface area contributed by atoms with Crippen LogP contribution in [0.3, 0.4) is 0 Å². The summed E-state index contributed by atoms with van der Waals surface area (Å²) in [5.41, 5.74) is -1.07. The molecule has 1 N–H and O–H groups in total. The Hall–Kier alpha value is -2.49. The molecule has 0 unspecified atom stereocenters. The van der Waals surface area contributed by atoms with Crippen molar-refractivity contribution in [1.29, 1.82) is 0 Å². The fourth-order valence-corrected chi connectivity index (χ4v) is 2.51. The molecule has 0 aliphatic carbocycles. The summed E-state index contributed by atoms with van der Waals surface area (Å²) in [5.74, 6) is -0.540. The van der Waals surface area contributed by atoms with Gasteiger partial charge in [0.05, 0.1) is 9.93 Å². The van der Waals surface area contributed by atoms with E-state index < -0.39 is 22.7 Å². The molecule has 1 heterocycles. The molecular formula is C13H10F3N3O3S. The van der Waals surface area contributed by atoms with E-state index in [0.717, 1.165) is 22.8 Å². The largest absolute Gasteiger partial charge is 0.434 e. The number of non-ortho nitro benzene ring substituents is 1. The third-order valence-corrected chi connectivity index (χ3v) is 3.69. The predicted molar refractivity (Wildman–Crippen MR) is 76.2 cm³/mol. The van der Waals surface area contributed by atoms with E-state index in [-0.39, 0.29) is 29.2 Å². The van der Waals surface area contributed by atoms with Crippen LogP contribution >= 0.6 is 11.3 Å². The van der Waals surface area contributed by atoms with E-state index in [4.69, 9.17) is 0 Å². The summed E-state index contributed by atoms with van der Waals surface area (Å²) >= 11 is 0.859. The van der Waals surface area contributed by atoms with Crippen LogP contribution in [0, 0.1) is 10.1 Å². The zero-order valence-electron chi connectivity index (χ0n) is 11.5. The second-order valence-corrected chi connectivity index (χ2v) is 5.38. The minimum atomic E-state index is -4.49. The summed E-state index contributed by atoms with van der Waals surface area (Å²) in [6, 6.07) is 5.17. The number of thiazole rings is 1. The second-order valence-electron chi connectivity index (χ2n) is 4.44. The second kappa shape index (κ2) is 6.73. The summed E-state index contributed by atoms with van der Waals surface area (Å²) < 4.78 is 37.2. The van der Waals surface area contributed by atoms with Crippen molar-refractivity contribution in [3.8, 4) is 0 Å².